The highest BCUT2D eigenvalue weighted by atomic mass is 16.5. The number of benzene rings is 1. The molecular weight excluding hydrogens is 562 g/mol. The van der Waals surface area contributed by atoms with E-state index in [0.29, 0.717) is 46.4 Å². The first kappa shape index (κ1) is 31.1. The summed E-state index contributed by atoms with van der Waals surface area (Å²) < 4.78 is 11.0. The summed E-state index contributed by atoms with van der Waals surface area (Å²) in [6.45, 7) is 13.3. The Morgan fingerprint density at radius 1 is 1.00 bits per heavy atom. The second-order valence-corrected chi connectivity index (χ2v) is 12.2. The number of aromatic nitrogens is 3. The zero-order valence-corrected chi connectivity index (χ0v) is 26.4. The van der Waals surface area contributed by atoms with Crippen molar-refractivity contribution >= 4 is 28.8 Å². The Morgan fingerprint density at radius 3 is 2.41 bits per heavy atom. The van der Waals surface area contributed by atoms with Gasteiger partial charge in [0.15, 0.2) is 5.65 Å². The predicted molar refractivity (Wildman–Crippen MR) is 170 cm³/mol. The van der Waals surface area contributed by atoms with Crippen LogP contribution in [-0.2, 0) is 0 Å². The molecule has 3 aromatic rings. The molecule has 2 amide bonds. The summed E-state index contributed by atoms with van der Waals surface area (Å²) in [5.74, 6) is 2.00. The highest BCUT2D eigenvalue weighted by Gasteiger charge is 2.22. The van der Waals surface area contributed by atoms with E-state index in [9.17, 15) is 4.79 Å². The Balaban J connectivity index is 1.30. The van der Waals surface area contributed by atoms with Gasteiger partial charge in [0.2, 0.25) is 5.95 Å². The lowest BCUT2D eigenvalue weighted by Crippen LogP contribution is -2.46. The van der Waals surface area contributed by atoms with Crippen molar-refractivity contribution in [2.75, 3.05) is 84.3 Å². The van der Waals surface area contributed by atoms with Crippen molar-refractivity contribution in [2.45, 2.75) is 32.4 Å². The zero-order chi connectivity index (χ0) is 31.3. The molecule has 1 fully saturated rings. The Kier molecular flexibility index (Phi) is 9.59. The van der Waals surface area contributed by atoms with E-state index < -0.39 is 5.54 Å². The van der Waals surface area contributed by atoms with Crippen molar-refractivity contribution in [3.05, 3.63) is 30.5 Å². The van der Waals surface area contributed by atoms with Gasteiger partial charge in [0.25, 0.3) is 0 Å². The fourth-order valence-electron chi connectivity index (χ4n) is 5.05. The van der Waals surface area contributed by atoms with E-state index in [2.05, 4.69) is 53.1 Å². The number of fused-ring (bicyclic) bond motifs is 1. The second kappa shape index (κ2) is 13.6. The van der Waals surface area contributed by atoms with Crippen LogP contribution in [0.4, 0.5) is 16.6 Å². The lowest BCUT2D eigenvalue weighted by atomic mass is 10.0. The number of rotatable bonds is 10. The van der Waals surface area contributed by atoms with Crippen LogP contribution in [0.2, 0.25) is 0 Å². The molecule has 5 rings (SSSR count). The van der Waals surface area contributed by atoms with Crippen molar-refractivity contribution < 1.29 is 14.3 Å². The number of ether oxygens (including phenoxy) is 2. The quantitative estimate of drug-likeness (QED) is 0.315. The number of hydrogen-bond acceptors (Lipinski definition) is 12. The summed E-state index contributed by atoms with van der Waals surface area (Å²) in [5, 5.41) is 20.7. The fraction of sp³-hybridized carbons (Fsp3) is 0.533. The number of hydrogen-bond donors (Lipinski definition) is 3. The van der Waals surface area contributed by atoms with Gasteiger partial charge in [-0.2, -0.15) is 10.1 Å². The molecule has 14 nitrogen and oxygen atoms in total. The molecule has 0 aliphatic carbocycles. The highest BCUT2D eigenvalue weighted by Crippen LogP contribution is 2.35. The molecule has 1 aromatic carbocycles. The van der Waals surface area contributed by atoms with E-state index in [0.717, 1.165) is 51.4 Å². The second-order valence-electron chi connectivity index (χ2n) is 12.2. The Morgan fingerprint density at radius 2 is 1.73 bits per heavy atom. The molecule has 2 aliphatic rings. The first-order chi connectivity index (χ1) is 21.1. The van der Waals surface area contributed by atoms with Crippen LogP contribution in [-0.4, -0.2) is 121 Å². The number of pyridine rings is 1. The minimum atomic E-state index is -0.433. The van der Waals surface area contributed by atoms with Gasteiger partial charge >= 0.3 is 6.03 Å². The summed E-state index contributed by atoms with van der Waals surface area (Å²) in [5.41, 5.74) is 1.44. The number of anilines is 2. The molecule has 0 saturated carbocycles. The fourth-order valence-corrected chi connectivity index (χ4v) is 5.05. The highest BCUT2D eigenvalue weighted by molar-refractivity contribution is 5.96. The van der Waals surface area contributed by atoms with Crippen molar-refractivity contribution in [3.8, 4) is 22.6 Å². The van der Waals surface area contributed by atoms with E-state index in [1.807, 2.05) is 44.0 Å². The first-order valence-electron chi connectivity index (χ1n) is 14.9. The summed E-state index contributed by atoms with van der Waals surface area (Å²) in [4.78, 5) is 31.7. The number of amides is 2. The molecule has 3 N–H and O–H groups in total. The minimum Gasteiger partial charge on any atom is -0.497 e. The number of nitrogens with zero attached hydrogens (tertiary/aromatic N) is 8. The summed E-state index contributed by atoms with van der Waals surface area (Å²) in [6, 6.07) is 7.03. The van der Waals surface area contributed by atoms with Gasteiger partial charge in [-0.15, -0.1) is 0 Å². The standard InChI is InChI=1S/C30H43N11O3/c1-30(2,3)36-29(42)35-27-25(20-13-23(43-5)16-24(14-20)44-6)15-21-17-31-28(34-26(21)33-27)32-18-22-19-41(38-37-22)12-11-40-9-7-39(4)8-10-40/h13-17,22H,7-12,18-19H2,1-6H3,(H3,31,32,33,34,35,36,42). The third-order valence-electron chi connectivity index (χ3n) is 7.48. The largest absolute Gasteiger partial charge is 0.497 e. The van der Waals surface area contributed by atoms with Crippen LogP contribution in [0, 0.1) is 0 Å². The van der Waals surface area contributed by atoms with E-state index >= 15 is 0 Å². The van der Waals surface area contributed by atoms with Gasteiger partial charge in [0.05, 0.1) is 27.3 Å². The molecule has 0 radical (unpaired) electrons. The van der Waals surface area contributed by atoms with Crippen LogP contribution in [0.25, 0.3) is 22.2 Å². The normalized spacial score (nSPS) is 17.6. The molecule has 44 heavy (non-hydrogen) atoms. The molecule has 1 saturated heterocycles. The van der Waals surface area contributed by atoms with E-state index in [1.165, 1.54) is 0 Å². The maximum atomic E-state index is 12.9. The molecule has 2 aliphatic heterocycles. The molecule has 4 heterocycles. The summed E-state index contributed by atoms with van der Waals surface area (Å²) in [6.07, 6.45) is 1.72. The third kappa shape index (κ3) is 8.20. The molecule has 1 unspecified atom stereocenters. The van der Waals surface area contributed by atoms with E-state index in [1.54, 1.807) is 26.5 Å². The number of nitrogens with one attached hydrogen (secondary N) is 3. The molecular formula is C30H43N11O3. The number of likely N-dealkylation sites (N-methyl/N-ethyl adjacent to an activating group) is 1. The van der Waals surface area contributed by atoms with Gasteiger partial charge in [0, 0.05) is 68.0 Å². The molecule has 0 bridgehead atoms. The number of carbonyl (C=O) groups excluding carboxylic acids is 1. The van der Waals surface area contributed by atoms with Gasteiger partial charge in [0.1, 0.15) is 23.4 Å². The van der Waals surface area contributed by atoms with E-state index in [-0.39, 0.29) is 12.1 Å². The minimum absolute atomic E-state index is 0.00140. The average Bonchev–Trinajstić information content (AvgIpc) is 3.46. The Hall–Kier alpha value is -4.30. The average molecular weight is 606 g/mol. The lowest BCUT2D eigenvalue weighted by molar-refractivity contribution is 0.138. The maximum Gasteiger partial charge on any atom is 0.320 e. The number of methoxy groups -OCH3 is 2. The van der Waals surface area contributed by atoms with Gasteiger partial charge in [-0.1, -0.05) is 5.22 Å². The van der Waals surface area contributed by atoms with Crippen LogP contribution in [0.5, 0.6) is 11.5 Å². The molecule has 236 valence electrons. The maximum absolute atomic E-state index is 12.9. The lowest BCUT2D eigenvalue weighted by Gasteiger charge is -2.32. The van der Waals surface area contributed by atoms with Gasteiger partial charge in [-0.25, -0.2) is 14.8 Å². The van der Waals surface area contributed by atoms with Crippen LogP contribution < -0.4 is 25.4 Å². The van der Waals surface area contributed by atoms with Crippen molar-refractivity contribution in [1.29, 1.82) is 0 Å². The molecule has 1 atom stereocenters. The van der Waals surface area contributed by atoms with Crippen LogP contribution in [0.15, 0.2) is 40.8 Å². The van der Waals surface area contributed by atoms with Crippen molar-refractivity contribution in [2.24, 2.45) is 10.3 Å². The Bertz CT molecular complexity index is 1460. The first-order valence-corrected chi connectivity index (χ1v) is 14.9. The number of piperazine rings is 1. The number of carbonyl (C=O) groups is 1. The van der Waals surface area contributed by atoms with Crippen molar-refractivity contribution in [3.63, 3.8) is 0 Å². The van der Waals surface area contributed by atoms with E-state index in [4.69, 9.17) is 14.5 Å². The topological polar surface area (TPSA) is 145 Å². The van der Waals surface area contributed by atoms with Gasteiger partial charge in [-0.05, 0) is 51.6 Å². The predicted octanol–water partition coefficient (Wildman–Crippen LogP) is 3.34. The zero-order valence-electron chi connectivity index (χ0n) is 26.4. The van der Waals surface area contributed by atoms with Gasteiger partial charge < -0.3 is 25.0 Å². The van der Waals surface area contributed by atoms with Crippen LogP contribution in [0.3, 0.4) is 0 Å². The van der Waals surface area contributed by atoms with Crippen molar-refractivity contribution in [1.82, 2.24) is 35.1 Å². The third-order valence-corrected chi connectivity index (χ3v) is 7.48. The van der Waals surface area contributed by atoms with Crippen LogP contribution >= 0.6 is 0 Å². The summed E-state index contributed by atoms with van der Waals surface area (Å²) in [7, 11) is 5.35. The summed E-state index contributed by atoms with van der Waals surface area (Å²) >= 11 is 0. The molecule has 2 aromatic heterocycles. The molecule has 0 spiro atoms. The molecule has 14 heteroatoms. The monoisotopic (exact) mass is 605 g/mol. The van der Waals surface area contributed by atoms with Crippen LogP contribution in [0.1, 0.15) is 20.8 Å². The number of urea groups is 1. The Labute approximate surface area is 258 Å². The van der Waals surface area contributed by atoms with Gasteiger partial charge in [-0.3, -0.25) is 15.2 Å². The SMILES string of the molecule is COc1cc(OC)cc(-c2cc3cnc(NCC4CN(CCN5CCN(C)CC5)N=N4)nc3nc2NC(=O)NC(C)(C)C)c1. The smallest absolute Gasteiger partial charge is 0.320 e.